The average molecular weight is 466 g/mol. The Labute approximate surface area is 195 Å². The zero-order valence-electron chi connectivity index (χ0n) is 19.0. The fourth-order valence-corrected chi connectivity index (χ4v) is 4.15. The minimum absolute atomic E-state index is 0.0827. The van der Waals surface area contributed by atoms with Crippen LogP contribution in [0.25, 0.3) is 28.1 Å². The fraction of sp³-hybridized carbons (Fsp3) is 0.391. The first kappa shape index (κ1) is 22.0. The number of carbonyl (C=O) groups is 1. The third-order valence-corrected chi connectivity index (χ3v) is 5.97. The van der Waals surface area contributed by atoms with E-state index in [1.807, 2.05) is 18.2 Å². The Morgan fingerprint density at radius 2 is 2.18 bits per heavy atom. The summed E-state index contributed by atoms with van der Waals surface area (Å²) in [5, 5.41) is 16.8. The second kappa shape index (κ2) is 9.18. The van der Waals surface area contributed by atoms with Gasteiger partial charge in [0.1, 0.15) is 23.2 Å². The summed E-state index contributed by atoms with van der Waals surface area (Å²) < 4.78 is 19.0. The average Bonchev–Trinajstić information content (AvgIpc) is 3.41. The van der Waals surface area contributed by atoms with Gasteiger partial charge in [-0.25, -0.2) is 19.3 Å². The maximum atomic E-state index is 10.7. The van der Waals surface area contributed by atoms with Crippen molar-refractivity contribution in [3.63, 3.8) is 0 Å². The molecule has 0 spiro atoms. The van der Waals surface area contributed by atoms with Crippen molar-refractivity contribution < 1.29 is 23.8 Å². The summed E-state index contributed by atoms with van der Waals surface area (Å²) in [5.74, 6) is 1.91. The first-order chi connectivity index (χ1) is 16.6. The molecule has 1 fully saturated rings. The van der Waals surface area contributed by atoms with Gasteiger partial charge in [0.05, 0.1) is 18.2 Å². The number of rotatable bonds is 9. The van der Waals surface area contributed by atoms with Crippen molar-refractivity contribution in [1.29, 1.82) is 0 Å². The van der Waals surface area contributed by atoms with Gasteiger partial charge in [-0.2, -0.15) is 0 Å². The lowest BCUT2D eigenvalue weighted by molar-refractivity contribution is 0.0782. The van der Waals surface area contributed by atoms with E-state index in [1.165, 1.54) is 0 Å². The van der Waals surface area contributed by atoms with Crippen LogP contribution in [0.4, 0.5) is 10.6 Å². The van der Waals surface area contributed by atoms with Crippen molar-refractivity contribution in [2.75, 3.05) is 31.7 Å². The summed E-state index contributed by atoms with van der Waals surface area (Å²) in [4.78, 5) is 21.9. The van der Waals surface area contributed by atoms with Crippen LogP contribution in [0.2, 0.25) is 0 Å². The van der Waals surface area contributed by atoms with Gasteiger partial charge in [0.15, 0.2) is 11.4 Å². The van der Waals surface area contributed by atoms with Crippen molar-refractivity contribution in [3.8, 4) is 17.3 Å². The van der Waals surface area contributed by atoms with Crippen LogP contribution in [0.3, 0.4) is 0 Å². The van der Waals surface area contributed by atoms with Crippen LogP contribution >= 0.6 is 0 Å². The molecule has 0 radical (unpaired) electrons. The molecule has 5 rings (SSSR count). The molecule has 1 amide bonds. The topological polar surface area (TPSA) is 127 Å². The van der Waals surface area contributed by atoms with Gasteiger partial charge in [-0.1, -0.05) is 0 Å². The Morgan fingerprint density at radius 1 is 1.32 bits per heavy atom. The molecule has 0 saturated heterocycles. The lowest BCUT2D eigenvalue weighted by atomic mass is 9.89. The van der Waals surface area contributed by atoms with Crippen molar-refractivity contribution >= 4 is 28.5 Å². The molecule has 4 aromatic heterocycles. The number of methoxy groups -OCH3 is 1. The number of nitrogens with one attached hydrogen (secondary N) is 1. The first-order valence-electron chi connectivity index (χ1n) is 11.2. The molecular formula is C23H26N6O5. The quantitative estimate of drug-likeness (QED) is 0.382. The number of imidazole rings is 1. The number of ether oxygens (including phenoxy) is 2. The Hall–Kier alpha value is -3.86. The maximum absolute atomic E-state index is 10.7. The number of amides is 1. The highest BCUT2D eigenvalue weighted by atomic mass is 16.5. The summed E-state index contributed by atoms with van der Waals surface area (Å²) in [7, 11) is 1.68. The van der Waals surface area contributed by atoms with Gasteiger partial charge in [-0.05, 0) is 25.1 Å². The Balaban J connectivity index is 1.42. The predicted molar refractivity (Wildman–Crippen MR) is 124 cm³/mol. The largest absolute Gasteiger partial charge is 0.473 e. The van der Waals surface area contributed by atoms with Crippen LogP contribution in [0.1, 0.15) is 19.8 Å². The van der Waals surface area contributed by atoms with E-state index < -0.39 is 6.09 Å². The maximum Gasteiger partial charge on any atom is 0.404 e. The highest BCUT2D eigenvalue weighted by Gasteiger charge is 2.32. The van der Waals surface area contributed by atoms with Crippen LogP contribution in [-0.4, -0.2) is 69.7 Å². The molecule has 0 unspecified atom stereocenters. The minimum Gasteiger partial charge on any atom is -0.473 e. The van der Waals surface area contributed by atoms with Crippen LogP contribution in [0, 0.1) is 0 Å². The number of hydrogen-bond donors (Lipinski definition) is 2. The number of carboxylic acid groups (broad SMARTS) is 1. The lowest BCUT2D eigenvalue weighted by Crippen LogP contribution is -2.48. The van der Waals surface area contributed by atoms with Gasteiger partial charge in [-0.15, -0.1) is 5.10 Å². The second-order valence-electron chi connectivity index (χ2n) is 8.17. The lowest BCUT2D eigenvalue weighted by Gasteiger charge is -2.34. The molecule has 0 aliphatic heterocycles. The molecule has 11 heteroatoms. The highest BCUT2D eigenvalue weighted by Crippen LogP contribution is 2.33. The van der Waals surface area contributed by atoms with Crippen molar-refractivity contribution in [1.82, 2.24) is 24.9 Å². The molecule has 1 aliphatic rings. The number of aromatic nitrogens is 4. The summed E-state index contributed by atoms with van der Waals surface area (Å²) >= 11 is 0. The highest BCUT2D eigenvalue weighted by molar-refractivity contribution is 5.91. The molecule has 11 nitrogen and oxygen atoms in total. The smallest absolute Gasteiger partial charge is 0.404 e. The summed E-state index contributed by atoms with van der Waals surface area (Å²) in [6.07, 6.45) is 3.58. The standard InChI is InChI=1S/C23H26N6O5/c1-3-28(8-9-32-2)22-16-12-19(34-18(16)6-7-24-22)17-13-25-20-4-5-21(27-29(17)20)33-15-10-14(11-15)26-23(30)31/h4-7,12-15,26H,3,8-11H2,1-2H3,(H,30,31)/t14-,15-. The number of anilines is 1. The van der Waals surface area contributed by atoms with E-state index in [2.05, 4.69) is 32.2 Å². The van der Waals surface area contributed by atoms with E-state index in [0.29, 0.717) is 42.4 Å². The Morgan fingerprint density at radius 3 is 2.94 bits per heavy atom. The SMILES string of the molecule is CCN(CCOC)c1nccc2oc(-c3cnc4ccc(O[C@H]5C[C@H](NC(=O)O)C5)nn34)cc12. The number of fused-ring (bicyclic) bond motifs is 2. The third-order valence-electron chi connectivity index (χ3n) is 5.97. The summed E-state index contributed by atoms with van der Waals surface area (Å²) in [5.41, 5.74) is 2.08. The molecule has 0 aromatic carbocycles. The molecule has 1 aliphatic carbocycles. The zero-order chi connectivity index (χ0) is 23.7. The Bertz CT molecular complexity index is 1310. The molecular weight excluding hydrogens is 440 g/mol. The van der Waals surface area contributed by atoms with E-state index in [4.69, 9.17) is 19.0 Å². The molecule has 178 valence electrons. The second-order valence-corrected chi connectivity index (χ2v) is 8.17. The molecule has 0 atom stereocenters. The van der Waals surface area contributed by atoms with Gasteiger partial charge in [0.25, 0.3) is 0 Å². The Kier molecular flexibility index (Phi) is 5.93. The van der Waals surface area contributed by atoms with Crippen molar-refractivity contribution in [2.24, 2.45) is 0 Å². The summed E-state index contributed by atoms with van der Waals surface area (Å²) in [6, 6.07) is 7.31. The first-order valence-corrected chi connectivity index (χ1v) is 11.2. The van der Waals surface area contributed by atoms with Gasteiger partial charge >= 0.3 is 6.09 Å². The van der Waals surface area contributed by atoms with Gasteiger partial charge in [-0.3, -0.25) is 0 Å². The van der Waals surface area contributed by atoms with Gasteiger partial charge < -0.3 is 29.2 Å². The van der Waals surface area contributed by atoms with E-state index in [1.54, 1.807) is 30.1 Å². The predicted octanol–water partition coefficient (Wildman–Crippen LogP) is 3.19. The number of nitrogens with zero attached hydrogens (tertiary/aromatic N) is 5. The molecule has 0 bridgehead atoms. The van der Waals surface area contributed by atoms with Crippen LogP contribution < -0.4 is 15.0 Å². The molecule has 4 heterocycles. The number of pyridine rings is 1. The van der Waals surface area contributed by atoms with Crippen LogP contribution in [-0.2, 0) is 4.74 Å². The van der Waals surface area contributed by atoms with E-state index in [-0.39, 0.29) is 12.1 Å². The van der Waals surface area contributed by atoms with Crippen molar-refractivity contribution in [3.05, 3.63) is 36.7 Å². The normalized spacial score (nSPS) is 17.6. The van der Waals surface area contributed by atoms with Crippen LogP contribution in [0.5, 0.6) is 5.88 Å². The minimum atomic E-state index is -1.02. The molecule has 34 heavy (non-hydrogen) atoms. The van der Waals surface area contributed by atoms with Crippen molar-refractivity contribution in [2.45, 2.75) is 31.9 Å². The molecule has 4 aromatic rings. The molecule has 2 N–H and O–H groups in total. The fourth-order valence-electron chi connectivity index (χ4n) is 4.15. The van der Waals surface area contributed by atoms with E-state index >= 15 is 0 Å². The summed E-state index contributed by atoms with van der Waals surface area (Å²) in [6.45, 7) is 4.19. The molecule has 1 saturated carbocycles. The van der Waals surface area contributed by atoms with E-state index in [9.17, 15) is 4.79 Å². The number of hydrogen-bond acceptors (Lipinski definition) is 8. The van der Waals surface area contributed by atoms with Gasteiger partial charge in [0, 0.05) is 51.3 Å². The zero-order valence-corrected chi connectivity index (χ0v) is 19.0. The van der Waals surface area contributed by atoms with E-state index in [0.717, 1.165) is 29.9 Å². The van der Waals surface area contributed by atoms with Gasteiger partial charge in [0.2, 0.25) is 5.88 Å². The monoisotopic (exact) mass is 466 g/mol. The third kappa shape index (κ3) is 4.21. The van der Waals surface area contributed by atoms with Crippen LogP contribution in [0.15, 0.2) is 41.1 Å². The number of furan rings is 1. The number of likely N-dealkylation sites (N-methyl/N-ethyl adjacent to an activating group) is 1.